The highest BCUT2D eigenvalue weighted by molar-refractivity contribution is 6.29. The number of benzene rings is 1. The van der Waals surface area contributed by atoms with Crippen molar-refractivity contribution in [2.75, 3.05) is 6.61 Å². The Kier molecular flexibility index (Phi) is 4.49. The van der Waals surface area contributed by atoms with E-state index in [1.54, 1.807) is 19.9 Å². The number of hydrogen-bond donors (Lipinski definition) is 1. The van der Waals surface area contributed by atoms with E-state index in [2.05, 4.69) is 0 Å². The maximum atomic E-state index is 10.8. The lowest BCUT2D eigenvalue weighted by atomic mass is 10.1. The molecule has 0 amide bonds. The van der Waals surface area contributed by atoms with Crippen LogP contribution in [0.1, 0.15) is 11.1 Å². The Morgan fingerprint density at radius 3 is 2.61 bits per heavy atom. The van der Waals surface area contributed by atoms with Crippen molar-refractivity contribution >= 4 is 23.3 Å². The van der Waals surface area contributed by atoms with Crippen LogP contribution in [0.5, 0.6) is 5.75 Å². The molecule has 98 valence electrons. The number of carboxylic acid groups (broad SMARTS) is 1. The van der Waals surface area contributed by atoms with Crippen LogP contribution in [0.25, 0.3) is 0 Å². The molecule has 1 aromatic carbocycles. The van der Waals surface area contributed by atoms with Gasteiger partial charge in [-0.05, 0) is 25.5 Å². The molecule has 18 heavy (non-hydrogen) atoms. The molecule has 1 N–H and O–H groups in total. The van der Waals surface area contributed by atoms with E-state index in [0.29, 0.717) is 11.1 Å². The average molecular weight is 274 g/mol. The lowest BCUT2D eigenvalue weighted by Gasteiger charge is -2.11. The van der Waals surface area contributed by atoms with Crippen LogP contribution in [0.2, 0.25) is 0 Å². The first kappa shape index (κ1) is 14.2. The largest absolute Gasteiger partial charge is 0.491 e. The van der Waals surface area contributed by atoms with Gasteiger partial charge in [0.05, 0.1) is 11.0 Å². The zero-order valence-electron chi connectivity index (χ0n) is 9.84. The van der Waals surface area contributed by atoms with Gasteiger partial charge in [-0.2, -0.15) is 0 Å². The number of nitro groups is 1. The summed E-state index contributed by atoms with van der Waals surface area (Å²) in [5.41, 5.74) is 1.13. The maximum Gasteiger partial charge on any atom is 0.325 e. The molecule has 0 radical (unpaired) electrons. The van der Waals surface area contributed by atoms with Crippen molar-refractivity contribution in [3.05, 3.63) is 33.4 Å². The van der Waals surface area contributed by atoms with Crippen LogP contribution >= 0.6 is 11.6 Å². The number of rotatable bonds is 5. The van der Waals surface area contributed by atoms with E-state index in [1.807, 2.05) is 0 Å². The number of carbonyl (C=O) groups is 1. The summed E-state index contributed by atoms with van der Waals surface area (Å²) in [7, 11) is 0. The van der Waals surface area contributed by atoms with Crippen molar-refractivity contribution in [2.45, 2.75) is 19.2 Å². The minimum absolute atomic E-state index is 0.0722. The Hall–Kier alpha value is -1.82. The molecule has 0 saturated carbocycles. The van der Waals surface area contributed by atoms with Crippen LogP contribution in [0, 0.1) is 24.0 Å². The molecule has 0 aliphatic rings. The maximum absolute atomic E-state index is 10.8. The van der Waals surface area contributed by atoms with Gasteiger partial charge in [0.2, 0.25) is 0 Å². The lowest BCUT2D eigenvalue weighted by Crippen LogP contribution is -2.21. The van der Waals surface area contributed by atoms with Crippen LogP contribution in [-0.4, -0.2) is 28.0 Å². The van der Waals surface area contributed by atoms with Gasteiger partial charge in [-0.1, -0.05) is 0 Å². The van der Waals surface area contributed by atoms with E-state index >= 15 is 0 Å². The fourth-order valence-corrected chi connectivity index (χ4v) is 1.47. The standard InChI is InChI=1S/C11H12ClNO5/c1-6-3-7(2)10(4-9(6)13(16)17)18-5-8(12)11(14)15/h3-4,8H,5H2,1-2H3,(H,14,15). The summed E-state index contributed by atoms with van der Waals surface area (Å²) in [5, 5.41) is 18.2. The fourth-order valence-electron chi connectivity index (χ4n) is 1.41. The Morgan fingerprint density at radius 2 is 2.11 bits per heavy atom. The molecule has 0 aliphatic carbocycles. The van der Waals surface area contributed by atoms with Crippen molar-refractivity contribution in [2.24, 2.45) is 0 Å². The summed E-state index contributed by atoms with van der Waals surface area (Å²) >= 11 is 5.49. The molecule has 7 heteroatoms. The molecule has 1 atom stereocenters. The number of alkyl halides is 1. The highest BCUT2D eigenvalue weighted by atomic mass is 35.5. The third-order valence-electron chi connectivity index (χ3n) is 2.34. The highest BCUT2D eigenvalue weighted by Gasteiger charge is 2.18. The summed E-state index contributed by atoms with van der Waals surface area (Å²) in [6.07, 6.45) is 0. The molecule has 0 fully saturated rings. The van der Waals surface area contributed by atoms with E-state index in [-0.39, 0.29) is 18.0 Å². The van der Waals surface area contributed by atoms with Crippen LogP contribution < -0.4 is 4.74 Å². The molecular formula is C11H12ClNO5. The van der Waals surface area contributed by atoms with Gasteiger partial charge in [0, 0.05) is 5.56 Å². The van der Waals surface area contributed by atoms with Crippen LogP contribution in [0.15, 0.2) is 12.1 Å². The smallest absolute Gasteiger partial charge is 0.325 e. The Labute approximate surface area is 108 Å². The molecule has 0 heterocycles. The van der Waals surface area contributed by atoms with Gasteiger partial charge in [-0.15, -0.1) is 11.6 Å². The van der Waals surface area contributed by atoms with E-state index in [9.17, 15) is 14.9 Å². The number of carboxylic acids is 1. The molecule has 0 aliphatic heterocycles. The van der Waals surface area contributed by atoms with Gasteiger partial charge in [0.25, 0.3) is 5.69 Å². The topological polar surface area (TPSA) is 89.7 Å². The Balaban J connectivity index is 2.92. The molecular weight excluding hydrogens is 262 g/mol. The Bertz CT molecular complexity index is 489. The zero-order chi connectivity index (χ0) is 13.9. The van der Waals surface area contributed by atoms with Gasteiger partial charge >= 0.3 is 5.97 Å². The van der Waals surface area contributed by atoms with Crippen LogP contribution in [0.3, 0.4) is 0 Å². The predicted octanol–water partition coefficient (Wildman–Crippen LogP) is 2.28. The molecule has 0 saturated heterocycles. The summed E-state index contributed by atoms with van der Waals surface area (Å²) in [4.78, 5) is 20.8. The quantitative estimate of drug-likeness (QED) is 0.505. The number of ether oxygens (including phenoxy) is 1. The normalized spacial score (nSPS) is 11.9. The molecule has 1 rings (SSSR count). The first-order valence-corrected chi connectivity index (χ1v) is 5.52. The molecule has 0 spiro atoms. The first-order valence-electron chi connectivity index (χ1n) is 5.08. The van der Waals surface area contributed by atoms with Crippen LogP contribution in [0.4, 0.5) is 5.69 Å². The second-order valence-electron chi connectivity index (χ2n) is 3.78. The van der Waals surface area contributed by atoms with E-state index in [4.69, 9.17) is 21.4 Å². The zero-order valence-corrected chi connectivity index (χ0v) is 10.6. The summed E-state index contributed by atoms with van der Waals surface area (Å²) in [6, 6.07) is 2.88. The highest BCUT2D eigenvalue weighted by Crippen LogP contribution is 2.28. The summed E-state index contributed by atoms with van der Waals surface area (Å²) < 4.78 is 5.19. The third-order valence-corrected chi connectivity index (χ3v) is 2.66. The van der Waals surface area contributed by atoms with Gasteiger partial charge in [-0.25, -0.2) is 0 Å². The number of aliphatic carboxylic acids is 1. The minimum Gasteiger partial charge on any atom is -0.491 e. The van der Waals surface area contributed by atoms with E-state index in [1.165, 1.54) is 6.07 Å². The summed E-state index contributed by atoms with van der Waals surface area (Å²) in [5.74, 6) is -0.935. The second kappa shape index (κ2) is 5.68. The van der Waals surface area contributed by atoms with Crippen molar-refractivity contribution < 1.29 is 19.6 Å². The molecule has 0 aromatic heterocycles. The van der Waals surface area contributed by atoms with Crippen molar-refractivity contribution in [1.82, 2.24) is 0 Å². The van der Waals surface area contributed by atoms with Gasteiger partial charge in [-0.3, -0.25) is 14.9 Å². The van der Waals surface area contributed by atoms with Crippen LogP contribution in [-0.2, 0) is 4.79 Å². The first-order chi connectivity index (χ1) is 8.32. The number of halogens is 1. The molecule has 6 nitrogen and oxygen atoms in total. The fraction of sp³-hybridized carbons (Fsp3) is 0.364. The molecule has 1 unspecified atom stereocenters. The predicted molar refractivity (Wildman–Crippen MR) is 65.3 cm³/mol. The van der Waals surface area contributed by atoms with Gasteiger partial charge in [0.1, 0.15) is 12.4 Å². The number of nitrogens with zero attached hydrogens (tertiary/aromatic N) is 1. The summed E-state index contributed by atoms with van der Waals surface area (Å²) in [6.45, 7) is 3.09. The SMILES string of the molecule is Cc1cc(C)c([N+](=O)[O-])cc1OCC(Cl)C(=O)O. The number of nitro benzene ring substituents is 1. The minimum atomic E-state index is -1.20. The number of hydrogen-bond acceptors (Lipinski definition) is 4. The van der Waals surface area contributed by atoms with Crippen molar-refractivity contribution in [1.29, 1.82) is 0 Å². The van der Waals surface area contributed by atoms with Gasteiger partial charge < -0.3 is 9.84 Å². The average Bonchev–Trinajstić information content (AvgIpc) is 2.26. The van der Waals surface area contributed by atoms with Crippen molar-refractivity contribution in [3.63, 3.8) is 0 Å². The van der Waals surface area contributed by atoms with E-state index in [0.717, 1.165) is 0 Å². The Morgan fingerprint density at radius 1 is 1.50 bits per heavy atom. The van der Waals surface area contributed by atoms with Gasteiger partial charge in [0.15, 0.2) is 5.38 Å². The molecule has 1 aromatic rings. The monoisotopic (exact) mass is 273 g/mol. The number of aryl methyl sites for hydroxylation is 2. The second-order valence-corrected chi connectivity index (χ2v) is 4.30. The third kappa shape index (κ3) is 3.33. The van der Waals surface area contributed by atoms with E-state index < -0.39 is 16.3 Å². The molecule has 0 bridgehead atoms. The lowest BCUT2D eigenvalue weighted by molar-refractivity contribution is -0.385. The van der Waals surface area contributed by atoms with Crippen molar-refractivity contribution in [3.8, 4) is 5.75 Å².